The van der Waals surface area contributed by atoms with Crippen molar-refractivity contribution in [2.75, 3.05) is 20.8 Å². The molecule has 0 aliphatic heterocycles. The first-order valence-corrected chi connectivity index (χ1v) is 6.11. The maximum atomic E-state index is 10.7. The number of ether oxygens (including phenoxy) is 3. The highest BCUT2D eigenvalue weighted by Gasteiger charge is 2.03. The molecular formula is C15H18O5. The lowest BCUT2D eigenvalue weighted by molar-refractivity contribution is -0.133. The molecule has 5 nitrogen and oxygen atoms in total. The van der Waals surface area contributed by atoms with E-state index >= 15 is 0 Å². The normalized spacial score (nSPS) is 11.2. The quantitative estimate of drug-likeness (QED) is 0.480. The second-order valence-corrected chi connectivity index (χ2v) is 4.01. The van der Waals surface area contributed by atoms with Gasteiger partial charge in [-0.2, -0.15) is 0 Å². The number of hydrogen-bond donors (Lipinski definition) is 1. The average molecular weight is 278 g/mol. The molecule has 1 aromatic rings. The van der Waals surface area contributed by atoms with E-state index in [-0.39, 0.29) is 13.0 Å². The Bertz CT molecular complexity index is 469. The summed E-state index contributed by atoms with van der Waals surface area (Å²) in [6.45, 7) is 0.549. The average Bonchev–Trinajstić information content (AvgIpc) is 2.47. The zero-order valence-electron chi connectivity index (χ0n) is 11.6. The summed E-state index contributed by atoms with van der Waals surface area (Å²) in [7, 11) is 2.86. The Morgan fingerprint density at radius 2 is 2.00 bits per heavy atom. The van der Waals surface area contributed by atoms with Crippen LogP contribution in [0.25, 0.3) is 0 Å². The van der Waals surface area contributed by atoms with Gasteiger partial charge in [-0.05, 0) is 17.7 Å². The molecule has 0 radical (unpaired) electrons. The van der Waals surface area contributed by atoms with Gasteiger partial charge in [0.05, 0.1) is 33.5 Å². The predicted molar refractivity (Wildman–Crippen MR) is 73.1 cm³/mol. The van der Waals surface area contributed by atoms with E-state index in [9.17, 15) is 9.90 Å². The van der Waals surface area contributed by atoms with Crippen LogP contribution in [0.15, 0.2) is 24.3 Å². The van der Waals surface area contributed by atoms with Crippen LogP contribution in [0.2, 0.25) is 0 Å². The van der Waals surface area contributed by atoms with Gasteiger partial charge in [0.1, 0.15) is 5.75 Å². The van der Waals surface area contributed by atoms with Gasteiger partial charge < -0.3 is 19.3 Å². The number of carbonyl (C=O) groups is 1. The van der Waals surface area contributed by atoms with Gasteiger partial charge in [0, 0.05) is 12.3 Å². The Morgan fingerprint density at radius 3 is 2.60 bits per heavy atom. The van der Waals surface area contributed by atoms with Crippen molar-refractivity contribution < 1.29 is 24.1 Å². The third-order valence-corrected chi connectivity index (χ3v) is 2.45. The van der Waals surface area contributed by atoms with E-state index < -0.39 is 12.1 Å². The SMILES string of the molecule is COC(=O)C#CC[C@@H](O)COCc1ccc(OC)cc1. The number of aliphatic hydroxyl groups excluding tert-OH is 1. The van der Waals surface area contributed by atoms with E-state index in [4.69, 9.17) is 9.47 Å². The molecule has 20 heavy (non-hydrogen) atoms. The topological polar surface area (TPSA) is 65.0 Å². The number of hydrogen-bond acceptors (Lipinski definition) is 5. The Hall–Kier alpha value is -2.03. The lowest BCUT2D eigenvalue weighted by atomic mass is 10.2. The molecule has 0 saturated heterocycles. The Labute approximate surface area is 118 Å². The van der Waals surface area contributed by atoms with Crippen LogP contribution in [0.4, 0.5) is 0 Å². The van der Waals surface area contributed by atoms with Crippen molar-refractivity contribution in [1.82, 2.24) is 0 Å². The van der Waals surface area contributed by atoms with E-state index in [0.29, 0.717) is 6.61 Å². The van der Waals surface area contributed by atoms with Gasteiger partial charge >= 0.3 is 5.97 Å². The molecule has 0 saturated carbocycles. The van der Waals surface area contributed by atoms with Crippen LogP contribution < -0.4 is 4.74 Å². The molecule has 0 unspecified atom stereocenters. The fraction of sp³-hybridized carbons (Fsp3) is 0.400. The van der Waals surface area contributed by atoms with Crippen molar-refractivity contribution in [3.05, 3.63) is 29.8 Å². The van der Waals surface area contributed by atoms with E-state index in [1.807, 2.05) is 24.3 Å². The zero-order chi connectivity index (χ0) is 14.8. The molecule has 0 spiro atoms. The minimum atomic E-state index is -0.731. The molecule has 0 fully saturated rings. The van der Waals surface area contributed by atoms with Crippen LogP contribution in [0, 0.1) is 11.8 Å². The van der Waals surface area contributed by atoms with E-state index in [2.05, 4.69) is 16.6 Å². The van der Waals surface area contributed by atoms with E-state index in [0.717, 1.165) is 11.3 Å². The molecule has 1 aromatic carbocycles. The summed E-state index contributed by atoms with van der Waals surface area (Å²) in [4.78, 5) is 10.7. The van der Waals surface area contributed by atoms with Crippen LogP contribution in [-0.4, -0.2) is 38.0 Å². The maximum absolute atomic E-state index is 10.7. The van der Waals surface area contributed by atoms with Crippen LogP contribution in [0.5, 0.6) is 5.75 Å². The number of benzene rings is 1. The Morgan fingerprint density at radius 1 is 1.30 bits per heavy atom. The molecule has 1 atom stereocenters. The van der Waals surface area contributed by atoms with Gasteiger partial charge in [-0.15, -0.1) is 0 Å². The maximum Gasteiger partial charge on any atom is 0.384 e. The summed E-state index contributed by atoms with van der Waals surface area (Å²) in [5.41, 5.74) is 0.985. The molecule has 108 valence electrons. The monoisotopic (exact) mass is 278 g/mol. The summed E-state index contributed by atoms with van der Waals surface area (Å²) in [6.07, 6.45) is -0.567. The van der Waals surface area contributed by atoms with Gasteiger partial charge in [0.2, 0.25) is 0 Å². The molecule has 0 aliphatic rings. The first-order chi connectivity index (χ1) is 9.65. The van der Waals surface area contributed by atoms with E-state index in [1.54, 1.807) is 7.11 Å². The van der Waals surface area contributed by atoms with Gasteiger partial charge in [0.15, 0.2) is 0 Å². The summed E-state index contributed by atoms with van der Waals surface area (Å²) >= 11 is 0. The first kappa shape index (κ1) is 16.0. The Kier molecular flexibility index (Phi) is 7.18. The highest BCUT2D eigenvalue weighted by Crippen LogP contribution is 2.12. The van der Waals surface area contributed by atoms with Gasteiger partial charge in [-0.1, -0.05) is 18.1 Å². The van der Waals surface area contributed by atoms with E-state index in [1.165, 1.54) is 7.11 Å². The molecule has 5 heteroatoms. The molecule has 0 heterocycles. The fourth-order valence-electron chi connectivity index (χ4n) is 1.39. The zero-order valence-corrected chi connectivity index (χ0v) is 11.6. The number of methoxy groups -OCH3 is 2. The number of rotatable bonds is 6. The van der Waals surface area contributed by atoms with Crippen molar-refractivity contribution in [3.63, 3.8) is 0 Å². The second-order valence-electron chi connectivity index (χ2n) is 4.01. The summed E-state index contributed by atoms with van der Waals surface area (Å²) < 4.78 is 14.8. The number of carbonyl (C=O) groups excluding carboxylic acids is 1. The van der Waals surface area contributed by atoms with Crippen LogP contribution in [0.3, 0.4) is 0 Å². The van der Waals surface area contributed by atoms with Crippen molar-refractivity contribution >= 4 is 5.97 Å². The molecule has 0 bridgehead atoms. The summed E-state index contributed by atoms with van der Waals surface area (Å²) in [5, 5.41) is 9.60. The third-order valence-electron chi connectivity index (χ3n) is 2.45. The van der Waals surface area contributed by atoms with Gasteiger partial charge in [-0.3, -0.25) is 0 Å². The van der Waals surface area contributed by atoms with Crippen LogP contribution in [-0.2, 0) is 20.9 Å². The molecule has 1 rings (SSSR count). The standard InChI is InChI=1S/C15H18O5/c1-18-14-8-6-12(7-9-14)10-20-11-13(16)4-3-5-15(17)19-2/h6-9,13,16H,4,10-11H2,1-2H3/t13-/m1/s1. The van der Waals surface area contributed by atoms with Crippen molar-refractivity contribution in [2.45, 2.75) is 19.1 Å². The first-order valence-electron chi connectivity index (χ1n) is 6.11. The van der Waals surface area contributed by atoms with Crippen molar-refractivity contribution in [3.8, 4) is 17.6 Å². The smallest absolute Gasteiger partial charge is 0.384 e. The highest BCUT2D eigenvalue weighted by atomic mass is 16.5. The minimum Gasteiger partial charge on any atom is -0.497 e. The third kappa shape index (κ3) is 6.23. The van der Waals surface area contributed by atoms with Gasteiger partial charge in [-0.25, -0.2) is 4.79 Å². The lowest BCUT2D eigenvalue weighted by Gasteiger charge is -2.08. The Balaban J connectivity index is 2.25. The number of aliphatic hydroxyl groups is 1. The molecule has 1 N–H and O–H groups in total. The molecule has 0 amide bonds. The lowest BCUT2D eigenvalue weighted by Crippen LogP contribution is -2.14. The van der Waals surface area contributed by atoms with Crippen molar-refractivity contribution in [2.24, 2.45) is 0 Å². The molecule has 0 aliphatic carbocycles. The number of esters is 1. The summed E-state index contributed by atoms with van der Waals surface area (Å²) in [6, 6.07) is 7.47. The minimum absolute atomic E-state index is 0.155. The van der Waals surface area contributed by atoms with Gasteiger partial charge in [0.25, 0.3) is 0 Å². The second kappa shape index (κ2) is 8.97. The predicted octanol–water partition coefficient (Wildman–Crippen LogP) is 1.14. The largest absolute Gasteiger partial charge is 0.497 e. The van der Waals surface area contributed by atoms with Crippen LogP contribution >= 0.6 is 0 Å². The molecular weight excluding hydrogens is 260 g/mol. The summed E-state index contributed by atoms with van der Waals surface area (Å²) in [5.74, 6) is 4.94. The fourth-order valence-corrected chi connectivity index (χ4v) is 1.39. The van der Waals surface area contributed by atoms with Crippen LogP contribution in [0.1, 0.15) is 12.0 Å². The van der Waals surface area contributed by atoms with Crippen molar-refractivity contribution in [1.29, 1.82) is 0 Å². The highest BCUT2D eigenvalue weighted by molar-refractivity contribution is 5.88. The molecule has 0 aromatic heterocycles.